The van der Waals surface area contributed by atoms with E-state index < -0.39 is 0 Å². The molecule has 0 aliphatic heterocycles. The maximum atomic E-state index is 13.0. The molecule has 4 heteroatoms. The van der Waals surface area contributed by atoms with Crippen LogP contribution in [0.5, 0.6) is 0 Å². The summed E-state index contributed by atoms with van der Waals surface area (Å²) in [5, 5.41) is 2.02. The van der Waals surface area contributed by atoms with Crippen LogP contribution in [0.3, 0.4) is 0 Å². The second kappa shape index (κ2) is 3.24. The van der Waals surface area contributed by atoms with E-state index in [2.05, 4.69) is 20.9 Å². The van der Waals surface area contributed by atoms with E-state index in [1.54, 1.807) is 18.3 Å². The Morgan fingerprint density at radius 3 is 2.77 bits per heavy atom. The van der Waals surface area contributed by atoms with Crippen LogP contribution in [-0.2, 0) is 0 Å². The normalized spacial score (nSPS) is 10.7. The molecule has 0 radical (unpaired) electrons. The summed E-state index contributed by atoms with van der Waals surface area (Å²) in [6, 6.07) is 4.79. The molecular formula is C9H4BrClFN. The van der Waals surface area contributed by atoms with Crippen molar-refractivity contribution in [1.29, 1.82) is 0 Å². The van der Waals surface area contributed by atoms with Gasteiger partial charge in [-0.3, -0.25) is 0 Å². The van der Waals surface area contributed by atoms with Crippen LogP contribution in [0.15, 0.2) is 28.9 Å². The zero-order chi connectivity index (χ0) is 9.42. The van der Waals surface area contributed by atoms with Gasteiger partial charge in [-0.25, -0.2) is 9.37 Å². The monoisotopic (exact) mass is 259 g/mol. The lowest BCUT2D eigenvalue weighted by Crippen LogP contribution is -1.81. The molecule has 0 bridgehead atoms. The first-order valence-electron chi connectivity index (χ1n) is 3.57. The van der Waals surface area contributed by atoms with Crippen molar-refractivity contribution in [3.8, 4) is 0 Å². The zero-order valence-corrected chi connectivity index (χ0v) is 8.73. The van der Waals surface area contributed by atoms with E-state index in [0.29, 0.717) is 9.63 Å². The van der Waals surface area contributed by atoms with Crippen LogP contribution in [0.25, 0.3) is 10.8 Å². The Balaban J connectivity index is 2.81. The van der Waals surface area contributed by atoms with Gasteiger partial charge < -0.3 is 0 Å². The minimum absolute atomic E-state index is 0.295. The smallest absolute Gasteiger partial charge is 0.138 e. The third-order valence-electron chi connectivity index (χ3n) is 1.73. The largest absolute Gasteiger partial charge is 0.244 e. The van der Waals surface area contributed by atoms with E-state index in [1.165, 1.54) is 6.07 Å². The van der Waals surface area contributed by atoms with Gasteiger partial charge in [0.1, 0.15) is 11.0 Å². The molecule has 2 rings (SSSR count). The maximum Gasteiger partial charge on any atom is 0.138 e. The van der Waals surface area contributed by atoms with Gasteiger partial charge in [0.2, 0.25) is 0 Å². The molecule has 66 valence electrons. The predicted octanol–water partition coefficient (Wildman–Crippen LogP) is 3.79. The van der Waals surface area contributed by atoms with E-state index >= 15 is 0 Å². The van der Waals surface area contributed by atoms with Crippen LogP contribution in [0.4, 0.5) is 4.39 Å². The van der Waals surface area contributed by atoms with Gasteiger partial charge in [0.05, 0.1) is 4.47 Å². The Labute approximate surface area is 87.7 Å². The molecule has 1 aromatic heterocycles. The summed E-state index contributed by atoms with van der Waals surface area (Å²) in [7, 11) is 0. The van der Waals surface area contributed by atoms with Crippen molar-refractivity contribution in [2.75, 3.05) is 0 Å². The number of pyridine rings is 1. The third kappa shape index (κ3) is 1.67. The summed E-state index contributed by atoms with van der Waals surface area (Å²) >= 11 is 8.79. The van der Waals surface area contributed by atoms with Crippen molar-refractivity contribution in [3.63, 3.8) is 0 Å². The fourth-order valence-electron chi connectivity index (χ4n) is 1.11. The highest BCUT2D eigenvalue weighted by Crippen LogP contribution is 2.24. The Hall–Kier alpha value is -0.670. The van der Waals surface area contributed by atoms with Crippen molar-refractivity contribution >= 4 is 38.3 Å². The lowest BCUT2D eigenvalue weighted by atomic mass is 10.2. The number of rotatable bonds is 0. The molecule has 0 aliphatic carbocycles. The highest BCUT2D eigenvalue weighted by molar-refractivity contribution is 9.10. The van der Waals surface area contributed by atoms with E-state index in [4.69, 9.17) is 11.6 Å². The standard InChI is InChI=1S/C9H4BrClFN/c10-7-1-5-3-9(11)13-4-6(5)2-8(7)12/h1-4H. The number of hydrogen-bond donors (Lipinski definition) is 0. The van der Waals surface area contributed by atoms with Crippen molar-refractivity contribution < 1.29 is 4.39 Å². The van der Waals surface area contributed by atoms with Gasteiger partial charge in [0, 0.05) is 11.6 Å². The quantitative estimate of drug-likeness (QED) is 0.657. The van der Waals surface area contributed by atoms with E-state index in [0.717, 1.165) is 10.8 Å². The zero-order valence-electron chi connectivity index (χ0n) is 6.39. The Kier molecular flexibility index (Phi) is 2.22. The topological polar surface area (TPSA) is 12.9 Å². The minimum Gasteiger partial charge on any atom is -0.244 e. The van der Waals surface area contributed by atoms with Crippen LogP contribution in [0.1, 0.15) is 0 Å². The predicted molar refractivity (Wildman–Crippen MR) is 54.4 cm³/mol. The van der Waals surface area contributed by atoms with Gasteiger partial charge in [-0.15, -0.1) is 0 Å². The van der Waals surface area contributed by atoms with Gasteiger partial charge in [-0.05, 0) is 39.5 Å². The average Bonchev–Trinajstić information content (AvgIpc) is 2.08. The molecule has 0 N–H and O–H groups in total. The Morgan fingerprint density at radius 1 is 1.23 bits per heavy atom. The Morgan fingerprint density at radius 2 is 2.00 bits per heavy atom. The second-order valence-corrected chi connectivity index (χ2v) is 3.86. The molecule has 13 heavy (non-hydrogen) atoms. The molecule has 0 unspecified atom stereocenters. The fraction of sp³-hybridized carbons (Fsp3) is 0. The van der Waals surface area contributed by atoms with Gasteiger partial charge >= 0.3 is 0 Å². The highest BCUT2D eigenvalue weighted by atomic mass is 79.9. The van der Waals surface area contributed by atoms with E-state index in [-0.39, 0.29) is 5.82 Å². The molecule has 0 aliphatic rings. The molecule has 0 atom stereocenters. The van der Waals surface area contributed by atoms with E-state index in [9.17, 15) is 4.39 Å². The highest BCUT2D eigenvalue weighted by Gasteiger charge is 2.02. The van der Waals surface area contributed by atoms with Crippen molar-refractivity contribution in [3.05, 3.63) is 39.8 Å². The third-order valence-corrected chi connectivity index (χ3v) is 2.54. The van der Waals surface area contributed by atoms with Gasteiger partial charge in [0.25, 0.3) is 0 Å². The van der Waals surface area contributed by atoms with Crippen LogP contribution in [0, 0.1) is 5.82 Å². The molecule has 1 aromatic carbocycles. The lowest BCUT2D eigenvalue weighted by Gasteiger charge is -1.99. The first-order chi connectivity index (χ1) is 6.16. The van der Waals surface area contributed by atoms with Crippen molar-refractivity contribution in [2.45, 2.75) is 0 Å². The number of halogens is 3. The molecule has 1 nitrogen and oxygen atoms in total. The minimum atomic E-state index is -0.295. The van der Waals surface area contributed by atoms with Crippen molar-refractivity contribution in [1.82, 2.24) is 4.98 Å². The lowest BCUT2D eigenvalue weighted by molar-refractivity contribution is 0.623. The number of benzene rings is 1. The summed E-state index contributed by atoms with van der Waals surface area (Å²) in [5.74, 6) is -0.295. The number of aromatic nitrogens is 1. The van der Waals surface area contributed by atoms with Gasteiger partial charge in [-0.2, -0.15) is 0 Å². The fourth-order valence-corrected chi connectivity index (χ4v) is 1.64. The molecule has 0 saturated heterocycles. The maximum absolute atomic E-state index is 13.0. The summed E-state index contributed by atoms with van der Waals surface area (Å²) < 4.78 is 13.5. The second-order valence-electron chi connectivity index (χ2n) is 2.62. The number of nitrogens with zero attached hydrogens (tertiary/aromatic N) is 1. The van der Waals surface area contributed by atoms with Gasteiger partial charge in [0.15, 0.2) is 0 Å². The van der Waals surface area contributed by atoms with Crippen LogP contribution >= 0.6 is 27.5 Å². The summed E-state index contributed by atoms with van der Waals surface area (Å²) in [6.45, 7) is 0. The molecule has 1 heterocycles. The number of hydrogen-bond acceptors (Lipinski definition) is 1. The number of fused-ring (bicyclic) bond motifs is 1. The van der Waals surface area contributed by atoms with Crippen LogP contribution in [0.2, 0.25) is 5.15 Å². The van der Waals surface area contributed by atoms with Crippen LogP contribution in [-0.4, -0.2) is 4.98 Å². The SMILES string of the molecule is Fc1cc2cnc(Cl)cc2cc1Br. The van der Waals surface area contributed by atoms with Gasteiger partial charge in [-0.1, -0.05) is 11.6 Å². The molecule has 0 saturated carbocycles. The Bertz CT molecular complexity index is 472. The molecule has 0 fully saturated rings. The molecule has 0 amide bonds. The summed E-state index contributed by atoms with van der Waals surface area (Å²) in [6.07, 6.45) is 1.55. The first kappa shape index (κ1) is 8.91. The summed E-state index contributed by atoms with van der Waals surface area (Å²) in [5.41, 5.74) is 0. The molecular weight excluding hydrogens is 256 g/mol. The van der Waals surface area contributed by atoms with Crippen molar-refractivity contribution in [2.24, 2.45) is 0 Å². The van der Waals surface area contributed by atoms with Crippen LogP contribution < -0.4 is 0 Å². The molecule has 0 spiro atoms. The summed E-state index contributed by atoms with van der Waals surface area (Å²) in [4.78, 5) is 3.86. The molecule has 2 aromatic rings. The first-order valence-corrected chi connectivity index (χ1v) is 4.74. The average molecular weight is 260 g/mol. The van der Waals surface area contributed by atoms with E-state index in [1.807, 2.05) is 0 Å².